The number of benzene rings is 1. The highest BCUT2D eigenvalue weighted by atomic mass is 32.1. The molecule has 1 fully saturated rings. The molecule has 138 valence electrons. The molecule has 5 nitrogen and oxygen atoms in total. The van der Waals surface area contributed by atoms with Gasteiger partial charge in [0.25, 0.3) is 11.5 Å². The Bertz CT molecular complexity index is 1020. The van der Waals surface area contributed by atoms with Crippen molar-refractivity contribution < 1.29 is 4.79 Å². The topological polar surface area (TPSA) is 64.0 Å². The van der Waals surface area contributed by atoms with E-state index in [-0.39, 0.29) is 23.1 Å². The zero-order chi connectivity index (χ0) is 18.8. The average molecular weight is 379 g/mol. The molecule has 2 aromatic heterocycles. The first-order valence-corrected chi connectivity index (χ1v) is 10.0. The molecule has 0 saturated heterocycles. The molecule has 4 rings (SSSR count). The van der Waals surface area contributed by atoms with Gasteiger partial charge in [0.15, 0.2) is 0 Å². The molecular weight excluding hydrogens is 358 g/mol. The number of aryl methyl sites for hydroxylation is 1. The van der Waals surface area contributed by atoms with E-state index < -0.39 is 0 Å². The molecule has 0 radical (unpaired) electrons. The third-order valence-corrected chi connectivity index (χ3v) is 5.65. The molecule has 1 amide bonds. The fourth-order valence-corrected chi connectivity index (χ4v) is 3.90. The number of aromatic nitrogens is 2. The van der Waals surface area contributed by atoms with Crippen LogP contribution >= 0.6 is 11.3 Å². The van der Waals surface area contributed by atoms with Gasteiger partial charge in [0.1, 0.15) is 5.56 Å². The summed E-state index contributed by atoms with van der Waals surface area (Å²) in [6, 6.07) is 12.1. The summed E-state index contributed by atoms with van der Waals surface area (Å²) in [4.78, 5) is 29.8. The highest BCUT2D eigenvalue weighted by Gasteiger charge is 2.26. The minimum Gasteiger partial charge on any atom is -0.351 e. The van der Waals surface area contributed by atoms with E-state index in [1.54, 1.807) is 29.0 Å². The molecule has 0 bridgehead atoms. The third-order valence-electron chi connectivity index (χ3n) is 4.74. The maximum atomic E-state index is 12.6. The highest BCUT2D eigenvalue weighted by molar-refractivity contribution is 7.09. The number of nitrogens with one attached hydrogen (secondary N) is 1. The normalized spacial score (nSPS) is 13.5. The van der Waals surface area contributed by atoms with Crippen LogP contribution < -0.4 is 10.9 Å². The van der Waals surface area contributed by atoms with Crippen LogP contribution in [0, 0.1) is 6.92 Å². The smallest absolute Gasteiger partial charge is 0.263 e. The SMILES string of the molecule is Cc1ccn(C2CC2)c(=O)c1C(=O)NCCc1nc(-c2ccccc2)cs1. The minimum atomic E-state index is -0.299. The van der Waals surface area contributed by atoms with Gasteiger partial charge in [0.05, 0.1) is 10.7 Å². The predicted molar refractivity (Wildman–Crippen MR) is 107 cm³/mol. The lowest BCUT2D eigenvalue weighted by atomic mass is 10.1. The Morgan fingerprint density at radius 1 is 1.26 bits per heavy atom. The number of nitrogens with zero attached hydrogens (tertiary/aromatic N) is 2. The van der Waals surface area contributed by atoms with Crippen LogP contribution in [0.2, 0.25) is 0 Å². The summed E-state index contributed by atoms with van der Waals surface area (Å²) in [5.74, 6) is -0.299. The molecule has 0 atom stereocenters. The lowest BCUT2D eigenvalue weighted by Crippen LogP contribution is -2.34. The monoisotopic (exact) mass is 379 g/mol. The molecule has 1 aliphatic carbocycles. The van der Waals surface area contributed by atoms with E-state index in [2.05, 4.69) is 10.3 Å². The molecule has 1 aliphatic rings. The fraction of sp³-hybridized carbons (Fsp3) is 0.286. The number of hydrogen-bond acceptors (Lipinski definition) is 4. The van der Waals surface area contributed by atoms with Crippen molar-refractivity contribution >= 4 is 17.2 Å². The van der Waals surface area contributed by atoms with Crippen molar-refractivity contribution in [2.45, 2.75) is 32.2 Å². The van der Waals surface area contributed by atoms with Crippen molar-refractivity contribution in [2.75, 3.05) is 6.54 Å². The van der Waals surface area contributed by atoms with Crippen LogP contribution in [0.15, 0.2) is 52.8 Å². The maximum Gasteiger partial charge on any atom is 0.263 e. The van der Waals surface area contributed by atoms with Crippen LogP contribution in [0.4, 0.5) is 0 Å². The van der Waals surface area contributed by atoms with Crippen LogP contribution in [-0.4, -0.2) is 22.0 Å². The van der Waals surface area contributed by atoms with Crippen LogP contribution in [0.1, 0.15) is 39.8 Å². The lowest BCUT2D eigenvalue weighted by molar-refractivity contribution is 0.0951. The second-order valence-corrected chi connectivity index (χ2v) is 7.76. The van der Waals surface area contributed by atoms with E-state index in [4.69, 9.17) is 0 Å². The molecule has 3 aromatic rings. The average Bonchev–Trinajstić information content (AvgIpc) is 3.40. The Hall–Kier alpha value is -2.73. The molecule has 6 heteroatoms. The van der Waals surface area contributed by atoms with Crippen molar-refractivity contribution in [2.24, 2.45) is 0 Å². The number of thiazole rings is 1. The molecule has 0 unspecified atom stereocenters. The van der Waals surface area contributed by atoms with Crippen molar-refractivity contribution in [3.05, 3.63) is 74.5 Å². The molecular formula is C21H21N3O2S. The number of rotatable bonds is 6. The van der Waals surface area contributed by atoms with Gasteiger partial charge in [-0.25, -0.2) is 4.98 Å². The lowest BCUT2D eigenvalue weighted by Gasteiger charge is -2.10. The standard InChI is InChI=1S/C21H21N3O2S/c1-14-10-12-24(16-7-8-16)21(26)19(14)20(25)22-11-9-18-23-17(13-27-18)15-5-3-2-4-6-15/h2-6,10,12-13,16H,7-9,11H2,1H3,(H,22,25). The van der Waals surface area contributed by atoms with E-state index in [9.17, 15) is 9.59 Å². The Morgan fingerprint density at radius 2 is 2.04 bits per heavy atom. The number of carbonyl (C=O) groups is 1. The van der Waals surface area contributed by atoms with Crippen molar-refractivity contribution in [3.63, 3.8) is 0 Å². The van der Waals surface area contributed by atoms with Gasteiger partial charge in [0.2, 0.25) is 0 Å². The first-order valence-electron chi connectivity index (χ1n) is 9.13. The maximum absolute atomic E-state index is 12.6. The zero-order valence-corrected chi connectivity index (χ0v) is 16.0. The predicted octanol–water partition coefficient (Wildman–Crippen LogP) is 3.59. The highest BCUT2D eigenvalue weighted by Crippen LogP contribution is 2.33. The van der Waals surface area contributed by atoms with E-state index in [1.807, 2.05) is 41.8 Å². The molecule has 1 aromatic carbocycles. The Labute approximate surface area is 161 Å². The van der Waals surface area contributed by atoms with E-state index >= 15 is 0 Å². The summed E-state index contributed by atoms with van der Waals surface area (Å²) in [5, 5.41) is 5.88. The summed E-state index contributed by atoms with van der Waals surface area (Å²) < 4.78 is 1.69. The summed E-state index contributed by atoms with van der Waals surface area (Å²) in [6.45, 7) is 2.26. The van der Waals surface area contributed by atoms with Gasteiger partial charge >= 0.3 is 0 Å². The Balaban J connectivity index is 1.40. The van der Waals surface area contributed by atoms with Gasteiger partial charge in [-0.2, -0.15) is 0 Å². The third kappa shape index (κ3) is 3.85. The molecule has 1 N–H and O–H groups in total. The summed E-state index contributed by atoms with van der Waals surface area (Å²) >= 11 is 1.58. The molecule has 0 spiro atoms. The van der Waals surface area contributed by atoms with Crippen LogP contribution in [0.25, 0.3) is 11.3 Å². The second-order valence-electron chi connectivity index (χ2n) is 6.82. The largest absolute Gasteiger partial charge is 0.351 e. The first-order chi connectivity index (χ1) is 13.1. The van der Waals surface area contributed by atoms with E-state index in [0.717, 1.165) is 34.7 Å². The second kappa shape index (κ2) is 7.48. The zero-order valence-electron chi connectivity index (χ0n) is 15.1. The van der Waals surface area contributed by atoms with Crippen LogP contribution in [0.5, 0.6) is 0 Å². The van der Waals surface area contributed by atoms with E-state index in [0.29, 0.717) is 13.0 Å². The Morgan fingerprint density at radius 3 is 2.78 bits per heavy atom. The number of carbonyl (C=O) groups excluding carboxylic acids is 1. The first kappa shape index (κ1) is 17.7. The molecule has 0 aliphatic heterocycles. The molecule has 2 heterocycles. The quantitative estimate of drug-likeness (QED) is 0.712. The van der Waals surface area contributed by atoms with Gasteiger partial charge in [0, 0.05) is 36.1 Å². The summed E-state index contributed by atoms with van der Waals surface area (Å²) in [6.07, 6.45) is 4.47. The van der Waals surface area contributed by atoms with E-state index in [1.165, 1.54) is 0 Å². The van der Waals surface area contributed by atoms with Crippen molar-refractivity contribution in [1.82, 2.24) is 14.9 Å². The van der Waals surface area contributed by atoms with Gasteiger partial charge in [-0.15, -0.1) is 11.3 Å². The molecule has 27 heavy (non-hydrogen) atoms. The number of hydrogen-bond donors (Lipinski definition) is 1. The van der Waals surface area contributed by atoms with Gasteiger partial charge in [-0.3, -0.25) is 9.59 Å². The van der Waals surface area contributed by atoms with Gasteiger partial charge < -0.3 is 9.88 Å². The Kier molecular flexibility index (Phi) is 4.90. The van der Waals surface area contributed by atoms with Gasteiger partial charge in [-0.05, 0) is 31.4 Å². The number of pyridine rings is 1. The minimum absolute atomic E-state index is 0.185. The fourth-order valence-electron chi connectivity index (χ4n) is 3.10. The van der Waals surface area contributed by atoms with Crippen molar-refractivity contribution in [3.8, 4) is 11.3 Å². The summed E-state index contributed by atoms with van der Waals surface area (Å²) in [5.41, 5.74) is 2.83. The summed E-state index contributed by atoms with van der Waals surface area (Å²) in [7, 11) is 0. The molecule has 1 saturated carbocycles. The van der Waals surface area contributed by atoms with Crippen molar-refractivity contribution in [1.29, 1.82) is 0 Å². The van der Waals surface area contributed by atoms with Crippen LogP contribution in [-0.2, 0) is 6.42 Å². The number of amides is 1. The van der Waals surface area contributed by atoms with Crippen LogP contribution in [0.3, 0.4) is 0 Å². The van der Waals surface area contributed by atoms with Gasteiger partial charge in [-0.1, -0.05) is 30.3 Å².